The molecule has 0 saturated heterocycles. The van der Waals surface area contributed by atoms with Crippen LogP contribution in [-0.4, -0.2) is 44.2 Å². The molecule has 0 bridgehead atoms. The fraction of sp³-hybridized carbons (Fsp3) is 0.357. The van der Waals surface area contributed by atoms with Crippen LogP contribution in [0, 0.1) is 0 Å². The van der Waals surface area contributed by atoms with Crippen LogP contribution in [0.3, 0.4) is 0 Å². The summed E-state index contributed by atoms with van der Waals surface area (Å²) in [5.74, 6) is -1.31. The lowest BCUT2D eigenvalue weighted by molar-refractivity contribution is -0.142. The highest BCUT2D eigenvalue weighted by molar-refractivity contribution is 5.99. The molecule has 0 aliphatic carbocycles. The predicted octanol–water partition coefficient (Wildman–Crippen LogP) is 1.89. The summed E-state index contributed by atoms with van der Waals surface area (Å²) in [4.78, 5) is 25.0. The van der Waals surface area contributed by atoms with Gasteiger partial charge in [-0.2, -0.15) is 5.10 Å². The minimum Gasteiger partial charge on any atom is -0.480 e. The first kappa shape index (κ1) is 14.0. The van der Waals surface area contributed by atoms with Gasteiger partial charge in [0.15, 0.2) is 0 Å². The molecule has 0 unspecified atom stereocenters. The topological polar surface area (TPSA) is 86.3 Å². The van der Waals surface area contributed by atoms with Crippen LogP contribution in [0.1, 0.15) is 31.1 Å². The Hall–Kier alpha value is -2.37. The van der Waals surface area contributed by atoms with Crippen molar-refractivity contribution in [2.75, 3.05) is 0 Å². The van der Waals surface area contributed by atoms with E-state index in [0.717, 1.165) is 10.9 Å². The van der Waals surface area contributed by atoms with E-state index in [0.29, 0.717) is 5.56 Å². The third-order valence-electron chi connectivity index (χ3n) is 3.25. The van der Waals surface area contributed by atoms with Gasteiger partial charge in [-0.15, -0.1) is 0 Å². The largest absolute Gasteiger partial charge is 0.480 e. The molecular weight excluding hydrogens is 258 g/mol. The molecule has 106 valence electrons. The van der Waals surface area contributed by atoms with Gasteiger partial charge in [0.2, 0.25) is 0 Å². The molecule has 6 nitrogen and oxygen atoms in total. The molecule has 1 aromatic heterocycles. The number of carbonyl (C=O) groups is 2. The van der Waals surface area contributed by atoms with E-state index in [1.807, 2.05) is 0 Å². The van der Waals surface area contributed by atoms with Gasteiger partial charge in [0.25, 0.3) is 5.91 Å². The monoisotopic (exact) mass is 275 g/mol. The number of aromatic nitrogens is 2. The molecule has 0 aliphatic rings. The van der Waals surface area contributed by atoms with Crippen molar-refractivity contribution in [2.45, 2.75) is 32.9 Å². The van der Waals surface area contributed by atoms with Crippen molar-refractivity contribution in [3.63, 3.8) is 0 Å². The average molecular weight is 275 g/mol. The number of H-pyrrole nitrogens is 1. The second-order valence-corrected chi connectivity index (χ2v) is 4.99. The molecule has 0 saturated carbocycles. The zero-order valence-electron chi connectivity index (χ0n) is 11.6. The summed E-state index contributed by atoms with van der Waals surface area (Å²) < 4.78 is 0. The third-order valence-corrected chi connectivity index (χ3v) is 3.25. The first-order chi connectivity index (χ1) is 9.41. The van der Waals surface area contributed by atoms with Crippen molar-refractivity contribution >= 4 is 22.8 Å². The molecule has 1 atom stereocenters. The molecule has 0 spiro atoms. The fourth-order valence-electron chi connectivity index (χ4n) is 2.20. The van der Waals surface area contributed by atoms with Gasteiger partial charge in [-0.05, 0) is 39.0 Å². The summed E-state index contributed by atoms with van der Waals surface area (Å²) in [7, 11) is 0. The van der Waals surface area contributed by atoms with Gasteiger partial charge in [-0.1, -0.05) is 0 Å². The number of rotatable bonds is 4. The molecule has 0 radical (unpaired) electrons. The van der Waals surface area contributed by atoms with Crippen LogP contribution in [0.15, 0.2) is 24.4 Å². The molecule has 1 amide bonds. The number of hydrogen-bond donors (Lipinski definition) is 2. The van der Waals surface area contributed by atoms with Crippen LogP contribution in [-0.2, 0) is 4.79 Å². The van der Waals surface area contributed by atoms with E-state index >= 15 is 0 Å². The molecule has 1 aromatic carbocycles. The lowest BCUT2D eigenvalue weighted by Crippen LogP contribution is -2.47. The highest BCUT2D eigenvalue weighted by Crippen LogP contribution is 2.17. The second kappa shape index (κ2) is 5.32. The van der Waals surface area contributed by atoms with E-state index in [1.54, 1.807) is 38.2 Å². The lowest BCUT2D eigenvalue weighted by Gasteiger charge is -2.30. The lowest BCUT2D eigenvalue weighted by atomic mass is 10.1. The zero-order valence-corrected chi connectivity index (χ0v) is 11.6. The minimum absolute atomic E-state index is 0.200. The van der Waals surface area contributed by atoms with E-state index < -0.39 is 12.0 Å². The van der Waals surface area contributed by atoms with Crippen molar-refractivity contribution in [3.8, 4) is 0 Å². The summed E-state index contributed by atoms with van der Waals surface area (Å²) in [6, 6.07) is 4.08. The van der Waals surface area contributed by atoms with Crippen LogP contribution < -0.4 is 0 Å². The molecule has 1 heterocycles. The Bertz CT molecular complexity index is 648. The average Bonchev–Trinajstić information content (AvgIpc) is 2.85. The highest BCUT2D eigenvalue weighted by atomic mass is 16.4. The first-order valence-corrected chi connectivity index (χ1v) is 6.40. The third kappa shape index (κ3) is 2.49. The molecule has 0 aliphatic heterocycles. The van der Waals surface area contributed by atoms with Crippen LogP contribution in [0.5, 0.6) is 0 Å². The Morgan fingerprint density at radius 1 is 1.30 bits per heavy atom. The highest BCUT2D eigenvalue weighted by Gasteiger charge is 2.28. The van der Waals surface area contributed by atoms with Crippen molar-refractivity contribution in [2.24, 2.45) is 0 Å². The van der Waals surface area contributed by atoms with Gasteiger partial charge in [-0.3, -0.25) is 9.89 Å². The summed E-state index contributed by atoms with van der Waals surface area (Å²) in [6.07, 6.45) is 1.63. The molecule has 6 heteroatoms. The standard InChI is InChI=1S/C14H17N3O3/c1-8(2)17(9(3)14(19)20)13(18)10-4-5-12-11(6-10)7-15-16-12/h4-9H,1-3H3,(H,15,16)(H,19,20)/t9-/m0/s1. The second-order valence-electron chi connectivity index (χ2n) is 4.99. The number of aliphatic carboxylic acids is 1. The van der Waals surface area contributed by atoms with Gasteiger partial charge in [0.1, 0.15) is 6.04 Å². The van der Waals surface area contributed by atoms with Crippen LogP contribution in [0.2, 0.25) is 0 Å². The Kier molecular flexibility index (Phi) is 3.74. The zero-order chi connectivity index (χ0) is 14.9. The number of carbonyl (C=O) groups excluding carboxylic acids is 1. The van der Waals surface area contributed by atoms with Gasteiger partial charge in [-0.25, -0.2) is 4.79 Å². The fourth-order valence-corrected chi connectivity index (χ4v) is 2.20. The molecule has 2 rings (SSSR count). The number of hydrogen-bond acceptors (Lipinski definition) is 3. The van der Waals surface area contributed by atoms with E-state index in [2.05, 4.69) is 10.2 Å². The van der Waals surface area contributed by atoms with Crippen LogP contribution in [0.4, 0.5) is 0 Å². The first-order valence-electron chi connectivity index (χ1n) is 6.40. The summed E-state index contributed by atoms with van der Waals surface area (Å²) in [5, 5.41) is 16.7. The summed E-state index contributed by atoms with van der Waals surface area (Å²) in [6.45, 7) is 5.11. The molecule has 0 fully saturated rings. The Labute approximate surface area is 116 Å². The van der Waals surface area contributed by atoms with Crippen molar-refractivity contribution in [3.05, 3.63) is 30.0 Å². The quantitative estimate of drug-likeness (QED) is 0.892. The predicted molar refractivity (Wildman–Crippen MR) is 74.5 cm³/mol. The van der Waals surface area contributed by atoms with Gasteiger partial charge >= 0.3 is 5.97 Å². The normalized spacial score (nSPS) is 12.6. The van der Waals surface area contributed by atoms with E-state index in [9.17, 15) is 9.59 Å². The van der Waals surface area contributed by atoms with Crippen LogP contribution >= 0.6 is 0 Å². The number of aromatic amines is 1. The van der Waals surface area contributed by atoms with E-state index in [-0.39, 0.29) is 11.9 Å². The maximum Gasteiger partial charge on any atom is 0.326 e. The van der Waals surface area contributed by atoms with Crippen molar-refractivity contribution in [1.82, 2.24) is 15.1 Å². The Morgan fingerprint density at radius 3 is 2.60 bits per heavy atom. The molecule has 2 N–H and O–H groups in total. The number of fused-ring (bicyclic) bond motifs is 1. The SMILES string of the molecule is CC(C)N(C(=O)c1ccc2[nH]ncc2c1)[C@@H](C)C(=O)O. The summed E-state index contributed by atoms with van der Waals surface area (Å²) in [5.41, 5.74) is 1.30. The van der Waals surface area contributed by atoms with Crippen molar-refractivity contribution < 1.29 is 14.7 Å². The van der Waals surface area contributed by atoms with Gasteiger partial charge in [0.05, 0.1) is 11.7 Å². The maximum atomic E-state index is 12.5. The number of carboxylic acid groups (broad SMARTS) is 1. The van der Waals surface area contributed by atoms with E-state index in [4.69, 9.17) is 5.11 Å². The van der Waals surface area contributed by atoms with Gasteiger partial charge < -0.3 is 10.0 Å². The van der Waals surface area contributed by atoms with E-state index in [1.165, 1.54) is 11.8 Å². The Balaban J connectivity index is 2.38. The Morgan fingerprint density at radius 2 is 2.00 bits per heavy atom. The van der Waals surface area contributed by atoms with Crippen molar-refractivity contribution in [1.29, 1.82) is 0 Å². The smallest absolute Gasteiger partial charge is 0.326 e. The number of carboxylic acids is 1. The molecular formula is C14H17N3O3. The number of benzene rings is 1. The molecule has 2 aromatic rings. The molecule has 20 heavy (non-hydrogen) atoms. The summed E-state index contributed by atoms with van der Waals surface area (Å²) >= 11 is 0. The maximum absolute atomic E-state index is 12.5. The minimum atomic E-state index is -1.02. The number of nitrogens with zero attached hydrogens (tertiary/aromatic N) is 2. The van der Waals surface area contributed by atoms with Gasteiger partial charge in [0, 0.05) is 17.0 Å². The van der Waals surface area contributed by atoms with Crippen LogP contribution in [0.25, 0.3) is 10.9 Å². The number of nitrogens with one attached hydrogen (secondary N) is 1. The number of amides is 1.